The standard InChI is InChI=1S/C11H13FN2O3/c1-11(17)2-3-14(6-11)9-8(10(15)16)4-7(12)5-13-9/h4-5,17H,2-3,6H2,1H3,(H,15,16). The Hall–Kier alpha value is -1.69. The zero-order valence-corrected chi connectivity index (χ0v) is 9.35. The van der Waals surface area contributed by atoms with Crippen molar-refractivity contribution in [1.82, 2.24) is 4.98 Å². The van der Waals surface area contributed by atoms with Gasteiger partial charge < -0.3 is 15.1 Å². The number of carboxylic acid groups (broad SMARTS) is 1. The number of carboxylic acids is 1. The number of aromatic nitrogens is 1. The van der Waals surface area contributed by atoms with Crippen LogP contribution in [-0.2, 0) is 0 Å². The average Bonchev–Trinajstić information content (AvgIpc) is 2.58. The summed E-state index contributed by atoms with van der Waals surface area (Å²) < 4.78 is 13.0. The third-order valence-electron chi connectivity index (χ3n) is 2.82. The quantitative estimate of drug-likeness (QED) is 0.802. The predicted molar refractivity (Wildman–Crippen MR) is 58.6 cm³/mol. The topological polar surface area (TPSA) is 73.7 Å². The van der Waals surface area contributed by atoms with Crippen LogP contribution in [0.3, 0.4) is 0 Å². The molecule has 1 atom stereocenters. The molecule has 6 heteroatoms. The number of hydrogen-bond acceptors (Lipinski definition) is 4. The molecule has 1 aliphatic rings. The Bertz CT molecular complexity index is 462. The van der Waals surface area contributed by atoms with Gasteiger partial charge in [-0.15, -0.1) is 0 Å². The van der Waals surface area contributed by atoms with Crippen molar-refractivity contribution < 1.29 is 19.4 Å². The summed E-state index contributed by atoms with van der Waals surface area (Å²) in [5.41, 5.74) is -1.03. The van der Waals surface area contributed by atoms with Gasteiger partial charge in [-0.1, -0.05) is 0 Å². The van der Waals surface area contributed by atoms with Crippen molar-refractivity contribution in [2.24, 2.45) is 0 Å². The lowest BCUT2D eigenvalue weighted by molar-refractivity contribution is 0.0694. The van der Waals surface area contributed by atoms with Gasteiger partial charge in [0.1, 0.15) is 17.2 Å². The summed E-state index contributed by atoms with van der Waals surface area (Å²) in [6.45, 7) is 2.48. The molecule has 0 aliphatic carbocycles. The molecule has 1 fully saturated rings. The second kappa shape index (κ2) is 3.96. The molecule has 0 saturated carbocycles. The third-order valence-corrected chi connectivity index (χ3v) is 2.82. The van der Waals surface area contributed by atoms with Crippen LogP contribution >= 0.6 is 0 Å². The lowest BCUT2D eigenvalue weighted by Gasteiger charge is -2.21. The first-order chi connectivity index (χ1) is 7.89. The van der Waals surface area contributed by atoms with E-state index in [0.29, 0.717) is 19.5 Å². The highest BCUT2D eigenvalue weighted by atomic mass is 19.1. The number of pyridine rings is 1. The Morgan fingerprint density at radius 2 is 2.35 bits per heavy atom. The second-order valence-electron chi connectivity index (χ2n) is 4.50. The minimum absolute atomic E-state index is 0.178. The fraction of sp³-hybridized carbons (Fsp3) is 0.455. The molecule has 0 aromatic carbocycles. The van der Waals surface area contributed by atoms with Crippen molar-refractivity contribution in [3.05, 3.63) is 23.6 Å². The minimum Gasteiger partial charge on any atom is -0.478 e. The van der Waals surface area contributed by atoms with Crippen LogP contribution in [0.15, 0.2) is 12.3 Å². The first-order valence-electron chi connectivity index (χ1n) is 5.25. The monoisotopic (exact) mass is 240 g/mol. The fourth-order valence-electron chi connectivity index (χ4n) is 1.97. The van der Waals surface area contributed by atoms with Crippen LogP contribution in [0, 0.1) is 5.82 Å². The minimum atomic E-state index is -1.22. The molecule has 92 valence electrons. The van der Waals surface area contributed by atoms with Crippen molar-refractivity contribution in [1.29, 1.82) is 0 Å². The van der Waals surface area contributed by atoms with Gasteiger partial charge in [0.15, 0.2) is 0 Å². The highest BCUT2D eigenvalue weighted by molar-refractivity contribution is 5.93. The number of aromatic carboxylic acids is 1. The molecule has 5 nitrogen and oxygen atoms in total. The molecule has 17 heavy (non-hydrogen) atoms. The SMILES string of the molecule is CC1(O)CCN(c2ncc(F)cc2C(=O)O)C1. The number of nitrogens with zero attached hydrogens (tertiary/aromatic N) is 2. The van der Waals surface area contributed by atoms with Crippen LogP contribution in [0.4, 0.5) is 10.2 Å². The first-order valence-corrected chi connectivity index (χ1v) is 5.25. The summed E-state index contributed by atoms with van der Waals surface area (Å²) in [6.07, 6.45) is 1.51. The predicted octanol–water partition coefficient (Wildman–Crippen LogP) is 0.880. The van der Waals surface area contributed by atoms with E-state index in [0.717, 1.165) is 12.3 Å². The molecular weight excluding hydrogens is 227 g/mol. The number of halogens is 1. The Balaban J connectivity index is 2.36. The summed E-state index contributed by atoms with van der Waals surface area (Å²) in [4.78, 5) is 16.5. The van der Waals surface area contributed by atoms with Crippen LogP contribution in [0.2, 0.25) is 0 Å². The maximum Gasteiger partial charge on any atom is 0.339 e. The lowest BCUT2D eigenvalue weighted by atomic mass is 10.1. The summed E-state index contributed by atoms with van der Waals surface area (Å²) in [5.74, 6) is -1.70. The van der Waals surface area contributed by atoms with E-state index in [4.69, 9.17) is 5.11 Å². The zero-order valence-electron chi connectivity index (χ0n) is 9.35. The molecule has 0 radical (unpaired) electrons. The molecule has 2 heterocycles. The summed E-state index contributed by atoms with van der Waals surface area (Å²) in [5, 5.41) is 18.8. The number of carbonyl (C=O) groups is 1. The number of β-amino-alcohol motifs (C(OH)–C–C–N with tert-alkyl or cyclic N) is 1. The highest BCUT2D eigenvalue weighted by Gasteiger charge is 2.33. The van der Waals surface area contributed by atoms with E-state index in [9.17, 15) is 14.3 Å². The van der Waals surface area contributed by atoms with Gasteiger partial charge in [-0.05, 0) is 19.4 Å². The molecule has 1 unspecified atom stereocenters. The Morgan fingerprint density at radius 1 is 1.65 bits per heavy atom. The number of anilines is 1. The smallest absolute Gasteiger partial charge is 0.339 e. The van der Waals surface area contributed by atoms with Crippen LogP contribution in [0.25, 0.3) is 0 Å². The van der Waals surface area contributed by atoms with Crippen LogP contribution in [-0.4, -0.2) is 39.9 Å². The lowest BCUT2D eigenvalue weighted by Crippen LogP contribution is -2.31. The molecule has 2 N–H and O–H groups in total. The van der Waals surface area contributed by atoms with Gasteiger partial charge in [0.25, 0.3) is 0 Å². The molecule has 0 amide bonds. The van der Waals surface area contributed by atoms with E-state index in [1.807, 2.05) is 0 Å². The molecule has 1 aromatic heterocycles. The van der Waals surface area contributed by atoms with Crippen molar-refractivity contribution in [2.75, 3.05) is 18.0 Å². The van der Waals surface area contributed by atoms with Crippen molar-refractivity contribution >= 4 is 11.8 Å². The summed E-state index contributed by atoms with van der Waals surface area (Å²) >= 11 is 0. The van der Waals surface area contributed by atoms with Gasteiger partial charge in [-0.25, -0.2) is 14.2 Å². The average molecular weight is 240 g/mol. The zero-order chi connectivity index (χ0) is 12.6. The van der Waals surface area contributed by atoms with Gasteiger partial charge in [0.2, 0.25) is 0 Å². The largest absolute Gasteiger partial charge is 0.478 e. The molecule has 1 saturated heterocycles. The normalized spacial score (nSPS) is 24.1. The summed E-state index contributed by atoms with van der Waals surface area (Å²) in [6, 6.07) is 0.942. The molecule has 1 aliphatic heterocycles. The Labute approximate surface area is 97.5 Å². The maximum atomic E-state index is 13.0. The molecular formula is C11H13FN2O3. The maximum absolute atomic E-state index is 13.0. The highest BCUT2D eigenvalue weighted by Crippen LogP contribution is 2.27. The van der Waals surface area contributed by atoms with Gasteiger partial charge in [-0.3, -0.25) is 0 Å². The van der Waals surface area contributed by atoms with Crippen molar-refractivity contribution in [3.8, 4) is 0 Å². The van der Waals surface area contributed by atoms with E-state index in [1.54, 1.807) is 11.8 Å². The van der Waals surface area contributed by atoms with Gasteiger partial charge >= 0.3 is 5.97 Å². The van der Waals surface area contributed by atoms with Gasteiger partial charge in [-0.2, -0.15) is 0 Å². The fourth-order valence-corrected chi connectivity index (χ4v) is 1.97. The number of aliphatic hydroxyl groups is 1. The molecule has 0 bridgehead atoms. The summed E-state index contributed by atoms with van der Waals surface area (Å²) in [7, 11) is 0. The van der Waals surface area contributed by atoms with Gasteiger partial charge in [0, 0.05) is 13.1 Å². The number of hydrogen-bond donors (Lipinski definition) is 2. The molecule has 0 spiro atoms. The Morgan fingerprint density at radius 3 is 2.88 bits per heavy atom. The van der Waals surface area contributed by atoms with Crippen molar-refractivity contribution in [2.45, 2.75) is 18.9 Å². The molecule has 1 aromatic rings. The van der Waals surface area contributed by atoms with Crippen molar-refractivity contribution in [3.63, 3.8) is 0 Å². The van der Waals surface area contributed by atoms with E-state index in [-0.39, 0.29) is 11.4 Å². The van der Waals surface area contributed by atoms with E-state index in [2.05, 4.69) is 4.98 Å². The van der Waals surface area contributed by atoms with Gasteiger partial charge in [0.05, 0.1) is 11.8 Å². The first kappa shape index (κ1) is 11.8. The Kier molecular flexibility index (Phi) is 2.74. The third kappa shape index (κ3) is 2.36. The number of rotatable bonds is 2. The second-order valence-corrected chi connectivity index (χ2v) is 4.50. The molecule has 2 rings (SSSR count). The van der Waals surface area contributed by atoms with E-state index < -0.39 is 17.4 Å². The van der Waals surface area contributed by atoms with Crippen LogP contribution < -0.4 is 4.90 Å². The van der Waals surface area contributed by atoms with Crippen LogP contribution in [0.1, 0.15) is 23.7 Å². The van der Waals surface area contributed by atoms with Crippen LogP contribution in [0.5, 0.6) is 0 Å². The van der Waals surface area contributed by atoms with E-state index >= 15 is 0 Å². The van der Waals surface area contributed by atoms with E-state index in [1.165, 1.54) is 0 Å².